The van der Waals surface area contributed by atoms with Crippen molar-refractivity contribution in [3.05, 3.63) is 23.7 Å². The van der Waals surface area contributed by atoms with Gasteiger partial charge in [0.1, 0.15) is 11.5 Å². The molecule has 0 aliphatic carbocycles. The van der Waals surface area contributed by atoms with Gasteiger partial charge in [-0.2, -0.15) is 8.78 Å². The predicted molar refractivity (Wildman–Crippen MR) is 55.3 cm³/mol. The maximum atomic E-state index is 11.9. The van der Waals surface area contributed by atoms with Crippen molar-refractivity contribution in [1.29, 1.82) is 0 Å². The SMILES string of the molecule is O=C(O)CNCc1ccc(CSC(F)F)o1. The first-order valence-corrected chi connectivity index (χ1v) is 5.52. The number of nitrogens with one attached hydrogen (secondary N) is 1. The molecule has 0 atom stereocenters. The summed E-state index contributed by atoms with van der Waals surface area (Å²) in [6.45, 7) is 0.105. The normalized spacial score (nSPS) is 10.9. The zero-order chi connectivity index (χ0) is 12.0. The molecular formula is C9H11F2NO3S. The number of rotatable bonds is 7. The van der Waals surface area contributed by atoms with Gasteiger partial charge in [0, 0.05) is 0 Å². The molecule has 0 amide bonds. The number of thioether (sulfide) groups is 1. The lowest BCUT2D eigenvalue weighted by Gasteiger charge is -1.98. The molecule has 0 aromatic carbocycles. The van der Waals surface area contributed by atoms with Crippen LogP contribution in [0.1, 0.15) is 11.5 Å². The number of hydrogen-bond donors (Lipinski definition) is 2. The van der Waals surface area contributed by atoms with Crippen LogP contribution in [-0.4, -0.2) is 23.4 Å². The summed E-state index contributed by atoms with van der Waals surface area (Å²) in [5, 5.41) is 11.0. The standard InChI is InChI=1S/C9H11F2NO3S/c10-9(11)16-5-7-2-1-6(15-7)3-12-4-8(13)14/h1-2,9,12H,3-5H2,(H,13,14). The van der Waals surface area contributed by atoms with Crippen molar-refractivity contribution in [2.24, 2.45) is 0 Å². The van der Waals surface area contributed by atoms with Crippen LogP contribution in [0.2, 0.25) is 0 Å². The molecule has 2 N–H and O–H groups in total. The van der Waals surface area contributed by atoms with E-state index in [0.717, 1.165) is 0 Å². The zero-order valence-corrected chi connectivity index (χ0v) is 9.10. The van der Waals surface area contributed by atoms with E-state index < -0.39 is 11.7 Å². The van der Waals surface area contributed by atoms with Crippen LogP contribution in [0.25, 0.3) is 0 Å². The molecule has 1 rings (SSSR count). The minimum Gasteiger partial charge on any atom is -0.480 e. The Hall–Kier alpha value is -1.08. The lowest BCUT2D eigenvalue weighted by atomic mass is 10.4. The molecule has 0 fully saturated rings. The highest BCUT2D eigenvalue weighted by Crippen LogP contribution is 2.21. The quantitative estimate of drug-likeness (QED) is 0.775. The van der Waals surface area contributed by atoms with Crippen molar-refractivity contribution in [2.45, 2.75) is 18.1 Å². The van der Waals surface area contributed by atoms with E-state index in [2.05, 4.69) is 5.32 Å². The Bertz CT molecular complexity index is 343. The number of hydrogen-bond acceptors (Lipinski definition) is 4. The van der Waals surface area contributed by atoms with Gasteiger partial charge < -0.3 is 9.52 Å². The third kappa shape index (κ3) is 5.13. The fourth-order valence-electron chi connectivity index (χ4n) is 1.03. The Labute approximate surface area is 95.0 Å². The van der Waals surface area contributed by atoms with Crippen LogP contribution < -0.4 is 5.32 Å². The number of furan rings is 1. The van der Waals surface area contributed by atoms with Gasteiger partial charge >= 0.3 is 5.97 Å². The third-order valence-electron chi connectivity index (χ3n) is 1.64. The average Bonchev–Trinajstić information content (AvgIpc) is 2.62. The molecule has 0 radical (unpaired) electrons. The van der Waals surface area contributed by atoms with E-state index in [4.69, 9.17) is 9.52 Å². The van der Waals surface area contributed by atoms with Crippen molar-refractivity contribution in [3.63, 3.8) is 0 Å². The van der Waals surface area contributed by atoms with Gasteiger partial charge in [0.2, 0.25) is 0 Å². The molecule has 0 saturated heterocycles. The zero-order valence-electron chi connectivity index (χ0n) is 8.28. The van der Waals surface area contributed by atoms with Gasteiger partial charge in [-0.1, -0.05) is 11.8 Å². The van der Waals surface area contributed by atoms with Gasteiger partial charge in [0.05, 0.1) is 18.8 Å². The Morgan fingerprint density at radius 3 is 2.81 bits per heavy atom. The minimum absolute atomic E-state index is 0.108. The van der Waals surface area contributed by atoms with Crippen LogP contribution in [0.3, 0.4) is 0 Å². The highest BCUT2D eigenvalue weighted by molar-refractivity contribution is 7.98. The second-order valence-corrected chi connectivity index (χ2v) is 3.92. The van der Waals surface area contributed by atoms with E-state index >= 15 is 0 Å². The Morgan fingerprint density at radius 2 is 2.19 bits per heavy atom. The van der Waals surface area contributed by atoms with Crippen molar-refractivity contribution < 1.29 is 23.1 Å². The van der Waals surface area contributed by atoms with Crippen molar-refractivity contribution >= 4 is 17.7 Å². The molecule has 0 bridgehead atoms. The van der Waals surface area contributed by atoms with Gasteiger partial charge in [-0.05, 0) is 12.1 Å². The van der Waals surface area contributed by atoms with Gasteiger partial charge in [-0.25, -0.2) is 0 Å². The Morgan fingerprint density at radius 1 is 1.50 bits per heavy atom. The lowest BCUT2D eigenvalue weighted by molar-refractivity contribution is -0.136. The summed E-state index contributed by atoms with van der Waals surface area (Å²) in [6, 6.07) is 3.24. The summed E-state index contributed by atoms with van der Waals surface area (Å²) in [7, 11) is 0. The third-order valence-corrected chi connectivity index (χ3v) is 2.35. The number of aliphatic carboxylic acids is 1. The van der Waals surface area contributed by atoms with E-state index in [1.165, 1.54) is 0 Å². The van der Waals surface area contributed by atoms with Crippen LogP contribution in [0.15, 0.2) is 16.5 Å². The number of carboxylic acid groups (broad SMARTS) is 1. The summed E-state index contributed by atoms with van der Waals surface area (Å²) < 4.78 is 28.9. The number of alkyl halides is 2. The first kappa shape index (κ1) is 13.0. The first-order chi connectivity index (χ1) is 7.58. The fraction of sp³-hybridized carbons (Fsp3) is 0.444. The molecule has 1 aromatic heterocycles. The summed E-state index contributed by atoms with van der Waals surface area (Å²) in [6.07, 6.45) is 0. The summed E-state index contributed by atoms with van der Waals surface area (Å²) in [5.74, 6) is -2.28. The van der Waals surface area contributed by atoms with Gasteiger partial charge in [0.15, 0.2) is 0 Å². The number of carboxylic acids is 1. The molecule has 1 heterocycles. The van der Waals surface area contributed by atoms with E-state index in [1.807, 2.05) is 0 Å². The molecule has 7 heteroatoms. The number of halogens is 2. The number of carbonyl (C=O) groups is 1. The van der Waals surface area contributed by atoms with E-state index in [-0.39, 0.29) is 18.8 Å². The maximum Gasteiger partial charge on any atom is 0.317 e. The molecule has 0 spiro atoms. The van der Waals surface area contributed by atoms with Crippen LogP contribution in [0, 0.1) is 0 Å². The average molecular weight is 251 g/mol. The van der Waals surface area contributed by atoms with Crippen LogP contribution in [0.5, 0.6) is 0 Å². The highest BCUT2D eigenvalue weighted by atomic mass is 32.2. The summed E-state index contributed by atoms with van der Waals surface area (Å²) >= 11 is 0.485. The molecule has 4 nitrogen and oxygen atoms in total. The molecule has 0 aliphatic heterocycles. The molecule has 16 heavy (non-hydrogen) atoms. The minimum atomic E-state index is -2.42. The van der Waals surface area contributed by atoms with Crippen LogP contribution in [0.4, 0.5) is 8.78 Å². The largest absolute Gasteiger partial charge is 0.480 e. The van der Waals surface area contributed by atoms with E-state index in [0.29, 0.717) is 23.3 Å². The van der Waals surface area contributed by atoms with E-state index in [9.17, 15) is 13.6 Å². The predicted octanol–water partition coefficient (Wildman–Crippen LogP) is 1.91. The van der Waals surface area contributed by atoms with Crippen molar-refractivity contribution in [2.75, 3.05) is 6.54 Å². The molecule has 90 valence electrons. The van der Waals surface area contributed by atoms with Gasteiger partial charge in [0.25, 0.3) is 5.76 Å². The molecular weight excluding hydrogens is 240 g/mol. The first-order valence-electron chi connectivity index (χ1n) is 4.48. The highest BCUT2D eigenvalue weighted by Gasteiger charge is 2.07. The van der Waals surface area contributed by atoms with Crippen LogP contribution >= 0.6 is 11.8 Å². The fourth-order valence-corrected chi connectivity index (χ4v) is 1.48. The van der Waals surface area contributed by atoms with Gasteiger partial charge in [-0.3, -0.25) is 10.1 Å². The monoisotopic (exact) mass is 251 g/mol. The smallest absolute Gasteiger partial charge is 0.317 e. The summed E-state index contributed by atoms with van der Waals surface area (Å²) in [4.78, 5) is 10.2. The maximum absolute atomic E-state index is 11.9. The van der Waals surface area contributed by atoms with E-state index in [1.54, 1.807) is 12.1 Å². The van der Waals surface area contributed by atoms with Crippen LogP contribution in [-0.2, 0) is 17.1 Å². The Kier molecular flexibility index (Phi) is 5.27. The van der Waals surface area contributed by atoms with Crippen molar-refractivity contribution in [3.8, 4) is 0 Å². The second-order valence-electron chi connectivity index (χ2n) is 2.94. The van der Waals surface area contributed by atoms with Gasteiger partial charge in [-0.15, -0.1) is 0 Å². The van der Waals surface area contributed by atoms with Crippen molar-refractivity contribution in [1.82, 2.24) is 5.32 Å². The molecule has 1 aromatic rings. The summed E-state index contributed by atoms with van der Waals surface area (Å²) in [5.41, 5.74) is 0. The molecule has 0 unspecified atom stereocenters. The second kappa shape index (κ2) is 6.49. The lowest BCUT2D eigenvalue weighted by Crippen LogP contribution is -2.21. The molecule has 0 aliphatic rings. The molecule has 0 saturated carbocycles. The Balaban J connectivity index is 2.30. The topological polar surface area (TPSA) is 62.5 Å².